The molecule has 0 saturated carbocycles. The Morgan fingerprint density at radius 3 is 2.60 bits per heavy atom. The van der Waals surface area contributed by atoms with Gasteiger partial charge in [0.05, 0.1) is 12.8 Å². The summed E-state index contributed by atoms with van der Waals surface area (Å²) >= 11 is 0. The van der Waals surface area contributed by atoms with Gasteiger partial charge in [-0.15, -0.1) is 0 Å². The van der Waals surface area contributed by atoms with E-state index in [-0.39, 0.29) is 0 Å². The van der Waals surface area contributed by atoms with Gasteiger partial charge in [0.1, 0.15) is 5.76 Å². The standard InChI is InChI=1S/C17H32N2O/c1-6-10-17(5,13-18-15(3)4)14-19(7-2)12-16-9-8-11-20-16/h8-9,11,15,18H,6-7,10,12-14H2,1-5H3. The number of nitrogens with zero attached hydrogens (tertiary/aromatic N) is 1. The van der Waals surface area contributed by atoms with Crippen LogP contribution in [-0.4, -0.2) is 30.6 Å². The van der Waals surface area contributed by atoms with Crippen LogP contribution in [0.4, 0.5) is 0 Å². The van der Waals surface area contributed by atoms with Gasteiger partial charge in [-0.05, 0) is 30.5 Å². The van der Waals surface area contributed by atoms with E-state index in [1.54, 1.807) is 6.26 Å². The monoisotopic (exact) mass is 280 g/mol. The van der Waals surface area contributed by atoms with E-state index in [2.05, 4.69) is 50.9 Å². The summed E-state index contributed by atoms with van der Waals surface area (Å²) in [6.07, 6.45) is 4.24. The first-order valence-corrected chi connectivity index (χ1v) is 7.97. The van der Waals surface area contributed by atoms with E-state index < -0.39 is 0 Å². The second-order valence-corrected chi connectivity index (χ2v) is 6.48. The zero-order valence-corrected chi connectivity index (χ0v) is 13.9. The number of nitrogens with one attached hydrogen (secondary N) is 1. The molecule has 0 amide bonds. The van der Waals surface area contributed by atoms with Gasteiger partial charge in [-0.3, -0.25) is 4.90 Å². The molecule has 0 aromatic carbocycles. The van der Waals surface area contributed by atoms with Crippen molar-refractivity contribution in [1.29, 1.82) is 0 Å². The average molecular weight is 280 g/mol. The molecule has 1 aromatic heterocycles. The Hall–Kier alpha value is -0.800. The zero-order chi connectivity index (χ0) is 15.0. The molecule has 0 spiro atoms. The lowest BCUT2D eigenvalue weighted by atomic mass is 9.84. The zero-order valence-electron chi connectivity index (χ0n) is 13.9. The van der Waals surface area contributed by atoms with Crippen molar-refractivity contribution in [3.05, 3.63) is 24.2 Å². The quantitative estimate of drug-likeness (QED) is 0.704. The molecule has 0 fully saturated rings. The average Bonchev–Trinajstić information content (AvgIpc) is 2.89. The third-order valence-corrected chi connectivity index (χ3v) is 3.80. The predicted octanol–water partition coefficient (Wildman–Crippen LogP) is 3.91. The highest BCUT2D eigenvalue weighted by atomic mass is 16.3. The van der Waals surface area contributed by atoms with Crippen molar-refractivity contribution >= 4 is 0 Å². The van der Waals surface area contributed by atoms with Gasteiger partial charge in [-0.1, -0.05) is 41.0 Å². The molecule has 3 nitrogen and oxygen atoms in total. The van der Waals surface area contributed by atoms with E-state index in [1.807, 2.05) is 6.07 Å². The van der Waals surface area contributed by atoms with Crippen LogP contribution in [0.5, 0.6) is 0 Å². The van der Waals surface area contributed by atoms with Gasteiger partial charge >= 0.3 is 0 Å². The Bertz CT molecular complexity index is 348. The third kappa shape index (κ3) is 6.10. The van der Waals surface area contributed by atoms with Gasteiger partial charge in [0.15, 0.2) is 0 Å². The fourth-order valence-electron chi connectivity index (χ4n) is 2.72. The maximum absolute atomic E-state index is 5.48. The maximum Gasteiger partial charge on any atom is 0.117 e. The lowest BCUT2D eigenvalue weighted by molar-refractivity contribution is 0.139. The SMILES string of the molecule is CCCC(C)(CNC(C)C)CN(CC)Cc1ccco1. The molecule has 0 saturated heterocycles. The molecule has 1 N–H and O–H groups in total. The highest BCUT2D eigenvalue weighted by Gasteiger charge is 2.26. The summed E-state index contributed by atoms with van der Waals surface area (Å²) < 4.78 is 5.48. The van der Waals surface area contributed by atoms with Crippen LogP contribution >= 0.6 is 0 Å². The normalized spacial score (nSPS) is 14.9. The molecule has 1 aromatic rings. The molecule has 0 aliphatic rings. The number of rotatable bonds is 10. The molecule has 1 heterocycles. The van der Waals surface area contributed by atoms with Crippen LogP contribution in [0.25, 0.3) is 0 Å². The smallest absolute Gasteiger partial charge is 0.117 e. The van der Waals surface area contributed by atoms with Crippen LogP contribution in [0.2, 0.25) is 0 Å². The summed E-state index contributed by atoms with van der Waals surface area (Å²) in [5, 5.41) is 3.61. The van der Waals surface area contributed by atoms with Crippen LogP contribution in [0, 0.1) is 5.41 Å². The van der Waals surface area contributed by atoms with E-state index in [0.717, 1.165) is 31.9 Å². The van der Waals surface area contributed by atoms with Crippen LogP contribution in [0.1, 0.15) is 53.2 Å². The van der Waals surface area contributed by atoms with Crippen LogP contribution < -0.4 is 5.32 Å². The van der Waals surface area contributed by atoms with Crippen LogP contribution in [-0.2, 0) is 6.54 Å². The molecule has 0 radical (unpaired) electrons. The minimum atomic E-state index is 0.321. The lowest BCUT2D eigenvalue weighted by Gasteiger charge is -2.35. The minimum Gasteiger partial charge on any atom is -0.468 e. The fourth-order valence-corrected chi connectivity index (χ4v) is 2.72. The predicted molar refractivity (Wildman–Crippen MR) is 85.8 cm³/mol. The number of hydrogen-bond donors (Lipinski definition) is 1. The molecule has 1 atom stereocenters. The minimum absolute atomic E-state index is 0.321. The first kappa shape index (κ1) is 17.3. The molecule has 1 rings (SSSR count). The molecule has 0 aliphatic heterocycles. The van der Waals surface area contributed by atoms with E-state index in [4.69, 9.17) is 4.42 Å². The van der Waals surface area contributed by atoms with E-state index >= 15 is 0 Å². The third-order valence-electron chi connectivity index (χ3n) is 3.80. The molecule has 0 bridgehead atoms. The lowest BCUT2D eigenvalue weighted by Crippen LogP contribution is -2.43. The van der Waals surface area contributed by atoms with Crippen molar-refractivity contribution < 1.29 is 4.42 Å². The van der Waals surface area contributed by atoms with Crippen molar-refractivity contribution in [1.82, 2.24) is 10.2 Å². The van der Waals surface area contributed by atoms with E-state index in [9.17, 15) is 0 Å². The second-order valence-electron chi connectivity index (χ2n) is 6.48. The van der Waals surface area contributed by atoms with Crippen molar-refractivity contribution in [2.75, 3.05) is 19.6 Å². The van der Waals surface area contributed by atoms with E-state index in [0.29, 0.717) is 11.5 Å². The second kappa shape index (κ2) is 8.48. The van der Waals surface area contributed by atoms with Crippen molar-refractivity contribution in [3.63, 3.8) is 0 Å². The Morgan fingerprint density at radius 1 is 1.35 bits per heavy atom. The van der Waals surface area contributed by atoms with Crippen LogP contribution in [0.15, 0.2) is 22.8 Å². The van der Waals surface area contributed by atoms with E-state index in [1.165, 1.54) is 12.8 Å². The molecule has 0 aliphatic carbocycles. The first-order valence-electron chi connectivity index (χ1n) is 7.97. The molecule has 20 heavy (non-hydrogen) atoms. The summed E-state index contributed by atoms with van der Waals surface area (Å²) in [6, 6.07) is 4.58. The number of furan rings is 1. The molecule has 3 heteroatoms. The summed E-state index contributed by atoms with van der Waals surface area (Å²) in [7, 11) is 0. The van der Waals surface area contributed by atoms with Gasteiger partial charge < -0.3 is 9.73 Å². The maximum atomic E-state index is 5.48. The Balaban J connectivity index is 2.60. The highest BCUT2D eigenvalue weighted by Crippen LogP contribution is 2.25. The summed E-state index contributed by atoms with van der Waals surface area (Å²) in [5.41, 5.74) is 0.321. The summed E-state index contributed by atoms with van der Waals surface area (Å²) in [6.45, 7) is 15.5. The first-order chi connectivity index (χ1) is 9.49. The Morgan fingerprint density at radius 2 is 2.10 bits per heavy atom. The topological polar surface area (TPSA) is 28.4 Å². The van der Waals surface area contributed by atoms with Gasteiger partial charge in [-0.25, -0.2) is 0 Å². The van der Waals surface area contributed by atoms with Gasteiger partial charge in [0.25, 0.3) is 0 Å². The van der Waals surface area contributed by atoms with Crippen molar-refractivity contribution in [3.8, 4) is 0 Å². The largest absolute Gasteiger partial charge is 0.468 e. The molecule has 116 valence electrons. The van der Waals surface area contributed by atoms with Gasteiger partial charge in [0, 0.05) is 19.1 Å². The van der Waals surface area contributed by atoms with Crippen molar-refractivity contribution in [2.24, 2.45) is 5.41 Å². The molecular formula is C17H32N2O. The van der Waals surface area contributed by atoms with Crippen molar-refractivity contribution in [2.45, 2.75) is 60.0 Å². The highest BCUT2D eigenvalue weighted by molar-refractivity contribution is 4.98. The molecule has 1 unspecified atom stereocenters. The summed E-state index contributed by atoms with van der Waals surface area (Å²) in [4.78, 5) is 2.48. The summed E-state index contributed by atoms with van der Waals surface area (Å²) in [5.74, 6) is 1.06. The van der Waals surface area contributed by atoms with Crippen LogP contribution in [0.3, 0.4) is 0 Å². The fraction of sp³-hybridized carbons (Fsp3) is 0.765. The molecular weight excluding hydrogens is 248 g/mol. The Kier molecular flexibility index (Phi) is 7.31. The number of hydrogen-bond acceptors (Lipinski definition) is 3. The van der Waals surface area contributed by atoms with Gasteiger partial charge in [-0.2, -0.15) is 0 Å². The Labute approximate surface area is 124 Å². The van der Waals surface area contributed by atoms with Gasteiger partial charge in [0.2, 0.25) is 0 Å².